The zero-order valence-corrected chi connectivity index (χ0v) is 9.74. The third kappa shape index (κ3) is 3.21. The van der Waals surface area contributed by atoms with Gasteiger partial charge in [-0.15, -0.1) is 23.7 Å². The van der Waals surface area contributed by atoms with Crippen LogP contribution in [0.5, 0.6) is 0 Å². The molecule has 6 heteroatoms. The Bertz CT molecular complexity index is 386. The molecule has 2 heterocycles. The van der Waals surface area contributed by atoms with E-state index >= 15 is 0 Å². The normalized spacial score (nSPS) is 9.73. The van der Waals surface area contributed by atoms with E-state index in [1.165, 1.54) is 6.07 Å². The Morgan fingerprint density at radius 1 is 1.47 bits per heavy atom. The predicted octanol–water partition coefficient (Wildman–Crippen LogP) is 2.65. The lowest BCUT2D eigenvalue weighted by atomic mass is 10.4. The van der Waals surface area contributed by atoms with Gasteiger partial charge >= 0.3 is 0 Å². The van der Waals surface area contributed by atoms with Gasteiger partial charge in [0.15, 0.2) is 5.13 Å². The number of aromatic nitrogens is 2. The van der Waals surface area contributed by atoms with Crippen LogP contribution < -0.4 is 5.32 Å². The number of anilines is 1. The van der Waals surface area contributed by atoms with Gasteiger partial charge < -0.3 is 5.32 Å². The summed E-state index contributed by atoms with van der Waals surface area (Å²) in [5.41, 5.74) is 0. The molecule has 3 nitrogen and oxygen atoms in total. The van der Waals surface area contributed by atoms with Gasteiger partial charge in [-0.1, -0.05) is 0 Å². The maximum Gasteiger partial charge on any atom is 0.176 e. The molecule has 2 aromatic heterocycles. The molecule has 0 aliphatic heterocycles. The van der Waals surface area contributed by atoms with E-state index in [0.717, 1.165) is 22.0 Å². The van der Waals surface area contributed by atoms with E-state index < -0.39 is 0 Å². The van der Waals surface area contributed by atoms with Gasteiger partial charge in [-0.3, -0.25) is 4.68 Å². The van der Waals surface area contributed by atoms with E-state index in [4.69, 9.17) is 0 Å². The van der Waals surface area contributed by atoms with Gasteiger partial charge in [-0.05, 0) is 12.1 Å². The summed E-state index contributed by atoms with van der Waals surface area (Å²) in [6.45, 7) is 0.617. The van der Waals surface area contributed by atoms with Crippen LogP contribution in [0.4, 0.5) is 10.2 Å². The zero-order valence-electron chi connectivity index (χ0n) is 8.11. The van der Waals surface area contributed by atoms with Gasteiger partial charge in [0, 0.05) is 24.2 Å². The monoisotopic (exact) mass is 247 g/mol. The van der Waals surface area contributed by atoms with Crippen LogP contribution in [-0.4, -0.2) is 9.78 Å². The Morgan fingerprint density at radius 3 is 2.80 bits per heavy atom. The van der Waals surface area contributed by atoms with Crippen molar-refractivity contribution in [3.8, 4) is 0 Å². The van der Waals surface area contributed by atoms with Crippen molar-refractivity contribution in [2.24, 2.45) is 7.05 Å². The average Bonchev–Trinajstić information content (AvgIpc) is 2.72. The summed E-state index contributed by atoms with van der Waals surface area (Å²) in [6, 6.07) is 5.13. The average molecular weight is 248 g/mol. The molecule has 0 aliphatic carbocycles. The van der Waals surface area contributed by atoms with Crippen molar-refractivity contribution < 1.29 is 4.39 Å². The maximum atomic E-state index is 12.6. The van der Waals surface area contributed by atoms with Gasteiger partial charge in [-0.25, -0.2) is 0 Å². The van der Waals surface area contributed by atoms with Crippen LogP contribution in [0.25, 0.3) is 0 Å². The first-order chi connectivity index (χ1) is 6.74. The summed E-state index contributed by atoms with van der Waals surface area (Å²) in [5, 5.41) is 7.11. The molecule has 0 radical (unpaired) electrons. The van der Waals surface area contributed by atoms with Crippen LogP contribution in [-0.2, 0) is 13.6 Å². The summed E-state index contributed by atoms with van der Waals surface area (Å²) < 4.78 is 14.3. The highest BCUT2D eigenvalue weighted by molar-refractivity contribution is 7.10. The number of aryl methyl sites for hydroxylation is 1. The molecule has 0 saturated carbocycles. The zero-order chi connectivity index (χ0) is 9.97. The fraction of sp³-hybridized carbons (Fsp3) is 0.222. The Hall–Kier alpha value is -1.07. The molecule has 15 heavy (non-hydrogen) atoms. The topological polar surface area (TPSA) is 29.9 Å². The van der Waals surface area contributed by atoms with Crippen LogP contribution in [0.15, 0.2) is 24.4 Å². The van der Waals surface area contributed by atoms with E-state index in [-0.39, 0.29) is 17.5 Å². The van der Waals surface area contributed by atoms with Crippen LogP contribution >= 0.6 is 23.7 Å². The van der Waals surface area contributed by atoms with Gasteiger partial charge in [0.25, 0.3) is 0 Å². The number of halogens is 2. The van der Waals surface area contributed by atoms with Crippen molar-refractivity contribution in [2.75, 3.05) is 5.32 Å². The minimum atomic E-state index is -0.150. The number of hydrogen-bond donors (Lipinski definition) is 1. The highest BCUT2D eigenvalue weighted by atomic mass is 35.5. The lowest BCUT2D eigenvalue weighted by molar-refractivity contribution is 0.657. The Morgan fingerprint density at radius 2 is 2.27 bits per heavy atom. The van der Waals surface area contributed by atoms with Crippen molar-refractivity contribution in [2.45, 2.75) is 6.54 Å². The molecule has 0 bridgehead atoms. The number of hydrogen-bond acceptors (Lipinski definition) is 3. The highest BCUT2D eigenvalue weighted by Crippen LogP contribution is 2.15. The molecule has 2 rings (SSSR count). The standard InChI is InChI=1S/C9H10FN3S.ClH/c1-13-5-4-9(12-13)11-6-7-2-3-8(10)14-7;/h2-5H,6H2,1H3,(H,11,12);1H. The number of rotatable bonds is 3. The number of nitrogens with zero attached hydrogens (tertiary/aromatic N) is 2. The Kier molecular flexibility index (Phi) is 4.11. The van der Waals surface area contributed by atoms with E-state index in [0.29, 0.717) is 6.54 Å². The number of thiophene rings is 1. The molecule has 2 aromatic rings. The molecule has 82 valence electrons. The summed E-state index contributed by atoms with van der Waals surface area (Å²) in [6.07, 6.45) is 1.86. The van der Waals surface area contributed by atoms with Gasteiger partial charge in [0.05, 0.1) is 6.54 Å². The lowest BCUT2D eigenvalue weighted by Crippen LogP contribution is -1.98. The molecule has 0 unspecified atom stereocenters. The van der Waals surface area contributed by atoms with Gasteiger partial charge in [0.1, 0.15) is 5.82 Å². The van der Waals surface area contributed by atoms with Crippen molar-refractivity contribution >= 4 is 29.6 Å². The highest BCUT2D eigenvalue weighted by Gasteiger charge is 2.00. The summed E-state index contributed by atoms with van der Waals surface area (Å²) in [5.74, 6) is 0.807. The minimum Gasteiger partial charge on any atom is -0.364 e. The SMILES string of the molecule is Cl.Cn1ccc(NCc2ccc(F)s2)n1. The van der Waals surface area contributed by atoms with E-state index in [2.05, 4.69) is 10.4 Å². The fourth-order valence-corrected chi connectivity index (χ4v) is 1.80. The molecule has 0 saturated heterocycles. The van der Waals surface area contributed by atoms with Crippen molar-refractivity contribution in [1.29, 1.82) is 0 Å². The smallest absolute Gasteiger partial charge is 0.176 e. The second-order valence-electron chi connectivity index (χ2n) is 2.93. The molecule has 0 amide bonds. The lowest BCUT2D eigenvalue weighted by Gasteiger charge is -1.98. The fourth-order valence-electron chi connectivity index (χ4n) is 1.13. The molecule has 0 aromatic carbocycles. The number of nitrogens with one attached hydrogen (secondary N) is 1. The van der Waals surface area contributed by atoms with Crippen LogP contribution in [0, 0.1) is 5.13 Å². The molecule has 0 fully saturated rings. The van der Waals surface area contributed by atoms with E-state index in [1.54, 1.807) is 10.7 Å². The molecule has 0 aliphatic rings. The van der Waals surface area contributed by atoms with Crippen LogP contribution in [0.1, 0.15) is 4.88 Å². The first-order valence-electron chi connectivity index (χ1n) is 4.22. The van der Waals surface area contributed by atoms with Crippen molar-refractivity contribution in [1.82, 2.24) is 9.78 Å². The van der Waals surface area contributed by atoms with Crippen molar-refractivity contribution in [3.05, 3.63) is 34.4 Å². The molecule has 0 atom stereocenters. The second kappa shape index (κ2) is 5.14. The van der Waals surface area contributed by atoms with E-state index in [1.807, 2.05) is 19.3 Å². The molecular weight excluding hydrogens is 237 g/mol. The quantitative estimate of drug-likeness (QED) is 0.904. The van der Waals surface area contributed by atoms with Gasteiger partial charge in [-0.2, -0.15) is 9.49 Å². The third-order valence-electron chi connectivity index (χ3n) is 1.79. The minimum absolute atomic E-state index is 0. The third-order valence-corrected chi connectivity index (χ3v) is 2.66. The summed E-state index contributed by atoms with van der Waals surface area (Å²) in [4.78, 5) is 0.966. The van der Waals surface area contributed by atoms with Crippen molar-refractivity contribution in [3.63, 3.8) is 0 Å². The first-order valence-corrected chi connectivity index (χ1v) is 5.03. The molecular formula is C9H11ClFN3S. The summed E-state index contributed by atoms with van der Waals surface area (Å²) in [7, 11) is 1.86. The summed E-state index contributed by atoms with van der Waals surface area (Å²) >= 11 is 1.15. The van der Waals surface area contributed by atoms with Gasteiger partial charge in [0.2, 0.25) is 0 Å². The molecule has 1 N–H and O–H groups in total. The van der Waals surface area contributed by atoms with Crippen LogP contribution in [0.3, 0.4) is 0 Å². The molecule has 0 spiro atoms. The van der Waals surface area contributed by atoms with E-state index in [9.17, 15) is 4.39 Å². The largest absolute Gasteiger partial charge is 0.364 e. The second-order valence-corrected chi connectivity index (χ2v) is 4.05. The predicted molar refractivity (Wildman–Crippen MR) is 62.1 cm³/mol. The first kappa shape index (κ1) is 12.0. The Labute approximate surface area is 97.3 Å². The maximum absolute atomic E-state index is 12.6. The Balaban J connectivity index is 0.00000112. The van der Waals surface area contributed by atoms with Crippen LogP contribution in [0.2, 0.25) is 0 Å².